The van der Waals surface area contributed by atoms with E-state index in [1.807, 2.05) is 6.08 Å². The maximum absolute atomic E-state index is 10.5. The Labute approximate surface area is 80.7 Å². The number of carboxylic acids is 1. The van der Waals surface area contributed by atoms with Gasteiger partial charge >= 0.3 is 5.97 Å². The van der Waals surface area contributed by atoms with Gasteiger partial charge in [0.25, 0.3) is 0 Å². The molecule has 1 N–H and O–H groups in total. The Morgan fingerprint density at radius 2 is 2.08 bits per heavy atom. The molecule has 0 aromatic rings. The van der Waals surface area contributed by atoms with E-state index in [0.717, 1.165) is 6.42 Å². The minimum absolute atomic E-state index is 0.391. The van der Waals surface area contributed by atoms with Crippen molar-refractivity contribution in [1.29, 1.82) is 0 Å². The first-order valence-electron chi connectivity index (χ1n) is 4.99. The van der Waals surface area contributed by atoms with Gasteiger partial charge in [0.2, 0.25) is 0 Å². The van der Waals surface area contributed by atoms with E-state index < -0.39 is 5.97 Å². The lowest BCUT2D eigenvalue weighted by molar-refractivity contribution is -0.132. The first-order chi connectivity index (χ1) is 6.07. The third kappa shape index (κ3) is 6.38. The third-order valence-electron chi connectivity index (χ3n) is 2.13. The summed E-state index contributed by atoms with van der Waals surface area (Å²) in [7, 11) is 0. The highest BCUT2D eigenvalue weighted by Gasteiger charge is 2.03. The molecule has 0 saturated carbocycles. The van der Waals surface area contributed by atoms with Gasteiger partial charge in [-0.1, -0.05) is 39.2 Å². The van der Waals surface area contributed by atoms with Crippen LogP contribution >= 0.6 is 0 Å². The summed E-state index contributed by atoms with van der Waals surface area (Å²) in [6, 6.07) is 0. The molecule has 0 amide bonds. The van der Waals surface area contributed by atoms with Crippen molar-refractivity contribution in [2.45, 2.75) is 46.5 Å². The second kappa shape index (κ2) is 6.70. The highest BCUT2D eigenvalue weighted by atomic mass is 16.4. The van der Waals surface area contributed by atoms with Gasteiger partial charge in [-0.25, -0.2) is 4.79 Å². The van der Waals surface area contributed by atoms with E-state index in [4.69, 9.17) is 5.11 Å². The first-order valence-corrected chi connectivity index (χ1v) is 4.99. The number of hydrogen-bond acceptors (Lipinski definition) is 1. The molecule has 1 unspecified atom stereocenters. The van der Waals surface area contributed by atoms with Gasteiger partial charge in [0, 0.05) is 5.57 Å². The Hall–Kier alpha value is -0.790. The van der Waals surface area contributed by atoms with Crippen LogP contribution in [0.25, 0.3) is 0 Å². The van der Waals surface area contributed by atoms with E-state index in [9.17, 15) is 4.79 Å². The molecule has 1 atom stereocenters. The molecule has 0 aromatic heterocycles. The zero-order chi connectivity index (χ0) is 10.3. The third-order valence-corrected chi connectivity index (χ3v) is 2.13. The zero-order valence-electron chi connectivity index (χ0n) is 8.84. The van der Waals surface area contributed by atoms with Gasteiger partial charge in [0.05, 0.1) is 0 Å². The lowest BCUT2D eigenvalue weighted by Crippen LogP contribution is -1.99. The highest BCUT2D eigenvalue weighted by Crippen LogP contribution is 2.12. The molecule has 0 aliphatic rings. The molecule has 0 aromatic carbocycles. The van der Waals surface area contributed by atoms with E-state index in [1.54, 1.807) is 6.92 Å². The predicted octanol–water partition coefficient (Wildman–Crippen LogP) is 3.23. The van der Waals surface area contributed by atoms with Crippen LogP contribution in [-0.4, -0.2) is 11.1 Å². The quantitative estimate of drug-likeness (QED) is 0.508. The molecular weight excluding hydrogens is 164 g/mol. The molecule has 0 radical (unpaired) electrons. The molecule has 0 aliphatic carbocycles. The molecule has 0 heterocycles. The van der Waals surface area contributed by atoms with Crippen LogP contribution in [0.3, 0.4) is 0 Å². The second-order valence-corrected chi connectivity index (χ2v) is 3.63. The van der Waals surface area contributed by atoms with Crippen LogP contribution in [-0.2, 0) is 4.79 Å². The molecule has 2 nitrogen and oxygen atoms in total. The zero-order valence-corrected chi connectivity index (χ0v) is 8.84. The Morgan fingerprint density at radius 3 is 2.54 bits per heavy atom. The molecule has 0 bridgehead atoms. The maximum Gasteiger partial charge on any atom is 0.330 e. The molecular formula is C11H20O2. The van der Waals surface area contributed by atoms with Crippen molar-refractivity contribution >= 4 is 5.97 Å². The molecule has 76 valence electrons. The number of unbranched alkanes of at least 4 members (excludes halogenated alkanes) is 2. The average Bonchev–Trinajstić information content (AvgIpc) is 2.04. The summed E-state index contributed by atoms with van der Waals surface area (Å²) in [5, 5.41) is 8.63. The average molecular weight is 184 g/mol. The van der Waals surface area contributed by atoms with Crippen LogP contribution in [0.2, 0.25) is 0 Å². The number of carboxylic acid groups (broad SMARTS) is 1. The molecule has 0 saturated heterocycles. The van der Waals surface area contributed by atoms with Crippen molar-refractivity contribution in [3.05, 3.63) is 11.6 Å². The van der Waals surface area contributed by atoms with Gasteiger partial charge in [-0.2, -0.15) is 0 Å². The van der Waals surface area contributed by atoms with Gasteiger partial charge in [0.1, 0.15) is 0 Å². The Morgan fingerprint density at radius 1 is 1.46 bits per heavy atom. The minimum atomic E-state index is -0.803. The van der Waals surface area contributed by atoms with Crippen molar-refractivity contribution in [2.24, 2.45) is 5.92 Å². The van der Waals surface area contributed by atoms with Crippen molar-refractivity contribution in [3.8, 4) is 0 Å². The minimum Gasteiger partial charge on any atom is -0.478 e. The molecule has 13 heavy (non-hydrogen) atoms. The van der Waals surface area contributed by atoms with E-state index in [2.05, 4.69) is 13.8 Å². The number of rotatable bonds is 6. The fourth-order valence-corrected chi connectivity index (χ4v) is 1.30. The smallest absolute Gasteiger partial charge is 0.330 e. The van der Waals surface area contributed by atoms with Crippen molar-refractivity contribution in [3.63, 3.8) is 0 Å². The summed E-state index contributed by atoms with van der Waals surface area (Å²) in [6.45, 7) is 5.89. The Kier molecular flexibility index (Phi) is 6.29. The lowest BCUT2D eigenvalue weighted by atomic mass is 10.0. The van der Waals surface area contributed by atoms with E-state index >= 15 is 0 Å². The van der Waals surface area contributed by atoms with Crippen molar-refractivity contribution in [1.82, 2.24) is 0 Å². The summed E-state index contributed by atoms with van der Waals surface area (Å²) in [5.74, 6) is -0.412. The predicted molar refractivity (Wildman–Crippen MR) is 54.7 cm³/mol. The number of allylic oxidation sites excluding steroid dienone is 1. The van der Waals surface area contributed by atoms with Crippen LogP contribution in [0.5, 0.6) is 0 Å². The second-order valence-electron chi connectivity index (χ2n) is 3.63. The van der Waals surface area contributed by atoms with Crippen molar-refractivity contribution < 1.29 is 9.90 Å². The van der Waals surface area contributed by atoms with Gasteiger partial charge in [0.15, 0.2) is 0 Å². The van der Waals surface area contributed by atoms with E-state index in [1.165, 1.54) is 19.3 Å². The fourth-order valence-electron chi connectivity index (χ4n) is 1.30. The van der Waals surface area contributed by atoms with Crippen LogP contribution in [0, 0.1) is 5.92 Å². The van der Waals surface area contributed by atoms with Crippen LogP contribution in [0.4, 0.5) is 0 Å². The summed E-state index contributed by atoms with van der Waals surface area (Å²) in [4.78, 5) is 10.5. The molecule has 2 heteroatoms. The van der Waals surface area contributed by atoms with E-state index in [0.29, 0.717) is 11.5 Å². The summed E-state index contributed by atoms with van der Waals surface area (Å²) >= 11 is 0. The normalized spacial score (nSPS) is 14.2. The summed E-state index contributed by atoms with van der Waals surface area (Å²) in [5.41, 5.74) is 0.462. The van der Waals surface area contributed by atoms with Gasteiger partial charge in [-0.15, -0.1) is 0 Å². The molecule has 0 spiro atoms. The van der Waals surface area contributed by atoms with Gasteiger partial charge < -0.3 is 5.11 Å². The molecule has 0 rings (SSSR count). The number of carbonyl (C=O) groups is 1. The topological polar surface area (TPSA) is 37.3 Å². The monoisotopic (exact) mass is 184 g/mol. The number of hydrogen-bond donors (Lipinski definition) is 1. The van der Waals surface area contributed by atoms with Gasteiger partial charge in [-0.05, 0) is 19.3 Å². The fraction of sp³-hybridized carbons (Fsp3) is 0.727. The van der Waals surface area contributed by atoms with Crippen LogP contribution in [0.15, 0.2) is 11.6 Å². The van der Waals surface area contributed by atoms with E-state index in [-0.39, 0.29) is 0 Å². The van der Waals surface area contributed by atoms with Gasteiger partial charge in [-0.3, -0.25) is 0 Å². The lowest BCUT2D eigenvalue weighted by Gasteiger charge is -2.05. The molecule has 0 aliphatic heterocycles. The van der Waals surface area contributed by atoms with Crippen molar-refractivity contribution in [2.75, 3.05) is 0 Å². The largest absolute Gasteiger partial charge is 0.478 e. The van der Waals surface area contributed by atoms with Crippen LogP contribution in [0.1, 0.15) is 46.5 Å². The highest BCUT2D eigenvalue weighted by molar-refractivity contribution is 5.85. The Bertz CT molecular complexity index is 183. The summed E-state index contributed by atoms with van der Waals surface area (Å²) in [6.07, 6.45) is 6.59. The molecule has 0 fully saturated rings. The maximum atomic E-state index is 10.5. The number of aliphatic carboxylic acids is 1. The summed E-state index contributed by atoms with van der Waals surface area (Å²) < 4.78 is 0. The SMILES string of the molecule is CCCCCC(C)C=C(C)C(=O)O. The standard InChI is InChI=1S/C11H20O2/c1-4-5-6-7-9(2)8-10(3)11(12)13/h8-9H,4-7H2,1-3H3,(H,12,13). The Balaban J connectivity index is 3.78. The van der Waals surface area contributed by atoms with Crippen LogP contribution < -0.4 is 0 Å². The first kappa shape index (κ1) is 12.2.